The molecule has 6 nitrogen and oxygen atoms in total. The summed E-state index contributed by atoms with van der Waals surface area (Å²) in [5, 5.41) is 4.78. The number of benzene rings is 1. The Bertz CT molecular complexity index is 685. The number of nitrogens with two attached hydrogens (primary N) is 1. The third-order valence-electron chi connectivity index (χ3n) is 3.16. The molecule has 23 heavy (non-hydrogen) atoms. The molecule has 0 saturated carbocycles. The first kappa shape index (κ1) is 16.8. The van der Waals surface area contributed by atoms with Crippen LogP contribution in [0.1, 0.15) is 28.2 Å². The zero-order chi connectivity index (χ0) is 16.8. The van der Waals surface area contributed by atoms with Gasteiger partial charge in [0, 0.05) is 10.9 Å². The number of methoxy groups -OCH3 is 1. The van der Waals surface area contributed by atoms with Crippen molar-refractivity contribution in [2.24, 2.45) is 5.73 Å². The van der Waals surface area contributed by atoms with Crippen molar-refractivity contribution in [1.29, 1.82) is 0 Å². The maximum atomic E-state index is 12.0. The van der Waals surface area contributed by atoms with Gasteiger partial charge >= 0.3 is 0 Å². The van der Waals surface area contributed by atoms with Crippen LogP contribution in [0, 0.1) is 0 Å². The van der Waals surface area contributed by atoms with Crippen LogP contribution in [0.5, 0.6) is 11.5 Å². The van der Waals surface area contributed by atoms with Gasteiger partial charge < -0.3 is 20.5 Å². The molecule has 1 heterocycles. The van der Waals surface area contributed by atoms with E-state index in [1.807, 2.05) is 24.4 Å². The van der Waals surface area contributed by atoms with Gasteiger partial charge in [-0.25, -0.2) is 0 Å². The molecule has 122 valence electrons. The molecule has 0 bridgehead atoms. The van der Waals surface area contributed by atoms with E-state index in [1.54, 1.807) is 17.4 Å². The summed E-state index contributed by atoms with van der Waals surface area (Å²) in [5.74, 6) is -0.188. The molecule has 3 N–H and O–H groups in total. The highest BCUT2D eigenvalue weighted by atomic mass is 32.1. The lowest BCUT2D eigenvalue weighted by Gasteiger charge is -2.14. The Labute approximate surface area is 138 Å². The fraction of sp³-hybridized carbons (Fsp3) is 0.250. The van der Waals surface area contributed by atoms with Crippen LogP contribution >= 0.6 is 11.3 Å². The molecule has 0 unspecified atom stereocenters. The number of primary amides is 1. The van der Waals surface area contributed by atoms with Crippen LogP contribution in [0.15, 0.2) is 35.7 Å². The Hall–Kier alpha value is -2.54. The number of ether oxygens (including phenoxy) is 2. The van der Waals surface area contributed by atoms with Gasteiger partial charge in [-0.3, -0.25) is 9.59 Å². The predicted octanol–water partition coefficient (Wildman–Crippen LogP) is 2.11. The van der Waals surface area contributed by atoms with Crippen molar-refractivity contribution in [3.63, 3.8) is 0 Å². The Kier molecular flexibility index (Phi) is 5.59. The molecule has 0 spiro atoms. The van der Waals surface area contributed by atoms with Gasteiger partial charge in [-0.1, -0.05) is 6.07 Å². The number of carbonyl (C=O) groups is 2. The molecule has 1 aromatic heterocycles. The van der Waals surface area contributed by atoms with Gasteiger partial charge in [-0.2, -0.15) is 0 Å². The minimum atomic E-state index is -0.630. The zero-order valence-electron chi connectivity index (χ0n) is 12.9. The number of amides is 2. The Morgan fingerprint density at radius 1 is 1.35 bits per heavy atom. The molecular weight excluding hydrogens is 316 g/mol. The van der Waals surface area contributed by atoms with Gasteiger partial charge in [0.25, 0.3) is 11.8 Å². The molecule has 7 heteroatoms. The molecule has 0 radical (unpaired) electrons. The van der Waals surface area contributed by atoms with E-state index in [9.17, 15) is 9.59 Å². The summed E-state index contributed by atoms with van der Waals surface area (Å²) in [6, 6.07) is 8.40. The molecule has 0 fully saturated rings. The fourth-order valence-electron chi connectivity index (χ4n) is 1.99. The van der Waals surface area contributed by atoms with E-state index >= 15 is 0 Å². The van der Waals surface area contributed by atoms with Crippen molar-refractivity contribution in [2.45, 2.75) is 13.0 Å². The fourth-order valence-corrected chi connectivity index (χ4v) is 2.72. The van der Waals surface area contributed by atoms with E-state index in [1.165, 1.54) is 19.2 Å². The highest BCUT2D eigenvalue weighted by Gasteiger charge is 2.14. The van der Waals surface area contributed by atoms with Crippen LogP contribution in [0.2, 0.25) is 0 Å². The van der Waals surface area contributed by atoms with Crippen molar-refractivity contribution in [3.05, 3.63) is 46.2 Å². The van der Waals surface area contributed by atoms with Crippen molar-refractivity contribution in [3.8, 4) is 11.5 Å². The van der Waals surface area contributed by atoms with Gasteiger partial charge in [-0.05, 0) is 30.5 Å². The Morgan fingerprint density at radius 2 is 2.13 bits per heavy atom. The second-order valence-electron chi connectivity index (χ2n) is 4.82. The Morgan fingerprint density at radius 3 is 2.74 bits per heavy atom. The minimum absolute atomic E-state index is 0.105. The van der Waals surface area contributed by atoms with Gasteiger partial charge in [0.2, 0.25) is 0 Å². The second-order valence-corrected chi connectivity index (χ2v) is 5.80. The van der Waals surface area contributed by atoms with E-state index in [-0.39, 0.29) is 29.9 Å². The summed E-state index contributed by atoms with van der Waals surface area (Å²) < 4.78 is 10.5. The molecule has 1 atom stereocenters. The standard InChI is InChI=1S/C16H18N2O4S/c1-10(14-4-3-7-23-14)18-15(19)9-22-13-8-11(21-2)5-6-12(13)16(17)20/h3-8,10H,9H2,1-2H3,(H2,17,20)(H,18,19)/t10-/m1/s1. The summed E-state index contributed by atoms with van der Waals surface area (Å²) in [7, 11) is 1.50. The van der Waals surface area contributed by atoms with Gasteiger partial charge in [0.1, 0.15) is 11.5 Å². The SMILES string of the molecule is COc1ccc(C(N)=O)c(OCC(=O)N[C@H](C)c2cccs2)c1. The third-order valence-corrected chi connectivity index (χ3v) is 4.22. The second kappa shape index (κ2) is 7.64. The van der Waals surface area contributed by atoms with E-state index < -0.39 is 5.91 Å². The van der Waals surface area contributed by atoms with Crippen molar-refractivity contribution < 1.29 is 19.1 Å². The minimum Gasteiger partial charge on any atom is -0.497 e. The van der Waals surface area contributed by atoms with Crippen LogP contribution in [0.3, 0.4) is 0 Å². The number of rotatable bonds is 7. The highest BCUT2D eigenvalue weighted by molar-refractivity contribution is 7.10. The van der Waals surface area contributed by atoms with E-state index in [4.69, 9.17) is 15.2 Å². The van der Waals surface area contributed by atoms with Crippen molar-refractivity contribution in [2.75, 3.05) is 13.7 Å². The average molecular weight is 334 g/mol. The van der Waals surface area contributed by atoms with Crippen LogP contribution in [0.4, 0.5) is 0 Å². The number of carbonyl (C=O) groups excluding carboxylic acids is 2. The van der Waals surface area contributed by atoms with Crippen LogP contribution in [-0.4, -0.2) is 25.5 Å². The van der Waals surface area contributed by atoms with Crippen molar-refractivity contribution >= 4 is 23.2 Å². The van der Waals surface area contributed by atoms with Crippen LogP contribution in [-0.2, 0) is 4.79 Å². The molecule has 2 rings (SSSR count). The number of nitrogens with one attached hydrogen (secondary N) is 1. The lowest BCUT2D eigenvalue weighted by molar-refractivity contribution is -0.123. The predicted molar refractivity (Wildman–Crippen MR) is 87.9 cm³/mol. The van der Waals surface area contributed by atoms with E-state index in [2.05, 4.69) is 5.32 Å². The third kappa shape index (κ3) is 4.46. The number of hydrogen-bond donors (Lipinski definition) is 2. The lowest BCUT2D eigenvalue weighted by Crippen LogP contribution is -2.31. The molecule has 0 aliphatic rings. The zero-order valence-corrected chi connectivity index (χ0v) is 13.7. The molecular formula is C16H18N2O4S. The first-order valence-electron chi connectivity index (χ1n) is 6.94. The Balaban J connectivity index is 1.99. The molecule has 0 aliphatic carbocycles. The first-order valence-corrected chi connectivity index (χ1v) is 7.82. The molecule has 0 aliphatic heterocycles. The van der Waals surface area contributed by atoms with Gasteiger partial charge in [0.05, 0.1) is 18.7 Å². The summed E-state index contributed by atoms with van der Waals surface area (Å²) in [6.45, 7) is 1.67. The van der Waals surface area contributed by atoms with Gasteiger partial charge in [0.15, 0.2) is 6.61 Å². The molecule has 2 amide bonds. The molecule has 2 aromatic rings. The monoisotopic (exact) mass is 334 g/mol. The normalized spacial score (nSPS) is 11.6. The lowest BCUT2D eigenvalue weighted by atomic mass is 10.2. The summed E-state index contributed by atoms with van der Waals surface area (Å²) in [6.07, 6.45) is 0. The topological polar surface area (TPSA) is 90.7 Å². The number of thiophene rings is 1. The van der Waals surface area contributed by atoms with E-state index in [0.717, 1.165) is 4.88 Å². The quantitative estimate of drug-likeness (QED) is 0.811. The largest absolute Gasteiger partial charge is 0.497 e. The molecule has 0 saturated heterocycles. The smallest absolute Gasteiger partial charge is 0.258 e. The number of hydrogen-bond acceptors (Lipinski definition) is 5. The first-order chi connectivity index (χ1) is 11.0. The highest BCUT2D eigenvalue weighted by Crippen LogP contribution is 2.24. The maximum Gasteiger partial charge on any atom is 0.258 e. The van der Waals surface area contributed by atoms with Crippen LogP contribution < -0.4 is 20.5 Å². The average Bonchev–Trinajstić information content (AvgIpc) is 3.07. The van der Waals surface area contributed by atoms with Crippen LogP contribution in [0.25, 0.3) is 0 Å². The summed E-state index contributed by atoms with van der Waals surface area (Å²) in [4.78, 5) is 24.4. The summed E-state index contributed by atoms with van der Waals surface area (Å²) in [5.41, 5.74) is 5.50. The maximum absolute atomic E-state index is 12.0. The molecule has 1 aromatic carbocycles. The van der Waals surface area contributed by atoms with E-state index in [0.29, 0.717) is 5.75 Å². The van der Waals surface area contributed by atoms with Crippen molar-refractivity contribution in [1.82, 2.24) is 5.32 Å². The van der Waals surface area contributed by atoms with Gasteiger partial charge in [-0.15, -0.1) is 11.3 Å². The summed E-state index contributed by atoms with van der Waals surface area (Å²) >= 11 is 1.57.